The van der Waals surface area contributed by atoms with Gasteiger partial charge in [-0.3, -0.25) is 9.59 Å². The zero-order chi connectivity index (χ0) is 13.1. The number of benzene rings is 1. The smallest absolute Gasteiger partial charge is 0.255 e. The fourth-order valence-corrected chi connectivity index (χ4v) is 1.55. The highest BCUT2D eigenvalue weighted by Crippen LogP contribution is 2.19. The molecule has 1 heterocycles. The van der Waals surface area contributed by atoms with Gasteiger partial charge in [-0.1, -0.05) is 11.6 Å². The van der Waals surface area contributed by atoms with E-state index < -0.39 is 17.3 Å². The van der Waals surface area contributed by atoms with Crippen molar-refractivity contribution in [3.05, 3.63) is 63.3 Å². The lowest BCUT2D eigenvalue weighted by molar-refractivity contribution is 0.102. The van der Waals surface area contributed by atoms with Crippen molar-refractivity contribution in [2.45, 2.75) is 0 Å². The van der Waals surface area contributed by atoms with Crippen LogP contribution in [0.25, 0.3) is 0 Å². The zero-order valence-electron chi connectivity index (χ0n) is 9.04. The molecule has 2 N–H and O–H groups in total. The van der Waals surface area contributed by atoms with E-state index in [9.17, 15) is 14.0 Å². The molecule has 0 atom stereocenters. The van der Waals surface area contributed by atoms with Crippen molar-refractivity contribution in [3.63, 3.8) is 0 Å². The van der Waals surface area contributed by atoms with Crippen LogP contribution in [0, 0.1) is 5.82 Å². The highest BCUT2D eigenvalue weighted by Gasteiger charge is 2.10. The first-order valence-corrected chi connectivity index (χ1v) is 5.39. The van der Waals surface area contributed by atoms with Crippen molar-refractivity contribution >= 4 is 23.2 Å². The molecular formula is C12H8ClFN2O2. The number of hydrogen-bond acceptors (Lipinski definition) is 2. The molecule has 0 aliphatic heterocycles. The van der Waals surface area contributed by atoms with Crippen LogP contribution in [0.1, 0.15) is 10.4 Å². The Kier molecular flexibility index (Phi) is 3.43. The van der Waals surface area contributed by atoms with Crippen LogP contribution < -0.4 is 10.9 Å². The summed E-state index contributed by atoms with van der Waals surface area (Å²) >= 11 is 5.70. The third-order valence-electron chi connectivity index (χ3n) is 2.21. The molecule has 6 heteroatoms. The first kappa shape index (κ1) is 12.3. The van der Waals surface area contributed by atoms with Crippen LogP contribution in [-0.4, -0.2) is 10.9 Å². The standard InChI is InChI=1S/C12H8ClFN2O2/c13-8-1-2-9(14)10(6-8)16-12(18)7-3-4-15-11(17)5-7/h1-6H,(H,15,17)(H,16,18). The molecule has 0 aliphatic carbocycles. The predicted molar refractivity (Wildman–Crippen MR) is 66.4 cm³/mol. The van der Waals surface area contributed by atoms with Gasteiger partial charge in [0.05, 0.1) is 5.69 Å². The minimum absolute atomic E-state index is 0.0345. The minimum Gasteiger partial charge on any atom is -0.329 e. The van der Waals surface area contributed by atoms with E-state index in [1.807, 2.05) is 0 Å². The molecular weight excluding hydrogens is 259 g/mol. The maximum atomic E-state index is 13.4. The van der Waals surface area contributed by atoms with E-state index in [1.165, 1.54) is 24.4 Å². The summed E-state index contributed by atoms with van der Waals surface area (Å²) in [6.07, 6.45) is 1.34. The zero-order valence-corrected chi connectivity index (χ0v) is 9.79. The Labute approximate surface area is 106 Å². The quantitative estimate of drug-likeness (QED) is 0.877. The topological polar surface area (TPSA) is 62.0 Å². The summed E-state index contributed by atoms with van der Waals surface area (Å²) in [5.41, 5.74) is -0.305. The summed E-state index contributed by atoms with van der Waals surface area (Å²) in [6.45, 7) is 0. The minimum atomic E-state index is -0.599. The molecule has 2 aromatic rings. The second kappa shape index (κ2) is 5.01. The van der Waals surface area contributed by atoms with Crippen molar-refractivity contribution in [1.82, 2.24) is 4.98 Å². The molecule has 0 fully saturated rings. The maximum absolute atomic E-state index is 13.4. The van der Waals surface area contributed by atoms with Crippen molar-refractivity contribution in [1.29, 1.82) is 0 Å². The average molecular weight is 267 g/mol. The van der Waals surface area contributed by atoms with Gasteiger partial charge >= 0.3 is 0 Å². The molecule has 1 aromatic carbocycles. The van der Waals surface area contributed by atoms with Gasteiger partial charge in [0.15, 0.2) is 0 Å². The fraction of sp³-hybridized carbons (Fsp3) is 0. The molecule has 1 amide bonds. The number of H-pyrrole nitrogens is 1. The molecule has 1 aromatic heterocycles. The van der Waals surface area contributed by atoms with Crippen molar-refractivity contribution < 1.29 is 9.18 Å². The first-order chi connectivity index (χ1) is 8.56. The SMILES string of the molecule is O=C(Nc1cc(Cl)ccc1F)c1cc[nH]c(=O)c1. The average Bonchev–Trinajstić information content (AvgIpc) is 2.34. The number of carbonyl (C=O) groups excluding carboxylic acids is 1. The molecule has 0 unspecified atom stereocenters. The van der Waals surface area contributed by atoms with E-state index in [0.717, 1.165) is 12.1 Å². The maximum Gasteiger partial charge on any atom is 0.255 e. The Hall–Kier alpha value is -2.14. The Bertz CT molecular complexity index is 655. The largest absolute Gasteiger partial charge is 0.329 e. The number of pyridine rings is 1. The normalized spacial score (nSPS) is 10.1. The van der Waals surface area contributed by atoms with E-state index in [0.29, 0.717) is 5.02 Å². The number of nitrogens with one attached hydrogen (secondary N) is 2. The Morgan fingerprint density at radius 1 is 1.28 bits per heavy atom. The molecule has 0 saturated carbocycles. The Morgan fingerprint density at radius 2 is 2.06 bits per heavy atom. The number of aromatic nitrogens is 1. The summed E-state index contributed by atoms with van der Waals surface area (Å²) in [4.78, 5) is 25.2. The van der Waals surface area contributed by atoms with E-state index in [-0.39, 0.29) is 11.3 Å². The van der Waals surface area contributed by atoms with Gasteiger partial charge in [0, 0.05) is 22.8 Å². The second-order valence-electron chi connectivity index (χ2n) is 3.52. The van der Waals surface area contributed by atoms with E-state index in [2.05, 4.69) is 10.3 Å². The van der Waals surface area contributed by atoms with Gasteiger partial charge in [-0.15, -0.1) is 0 Å². The highest BCUT2D eigenvalue weighted by molar-refractivity contribution is 6.31. The van der Waals surface area contributed by atoms with E-state index in [4.69, 9.17) is 11.6 Å². The van der Waals surface area contributed by atoms with Crippen LogP contribution in [-0.2, 0) is 0 Å². The Balaban J connectivity index is 2.26. The predicted octanol–water partition coefficient (Wildman–Crippen LogP) is 2.42. The number of amides is 1. The lowest BCUT2D eigenvalue weighted by Gasteiger charge is -2.06. The third-order valence-corrected chi connectivity index (χ3v) is 2.45. The summed E-state index contributed by atoms with van der Waals surface area (Å²) in [5, 5.41) is 2.65. The molecule has 0 saturated heterocycles. The number of aromatic amines is 1. The van der Waals surface area contributed by atoms with Crippen LogP contribution >= 0.6 is 11.6 Å². The second-order valence-corrected chi connectivity index (χ2v) is 3.96. The number of carbonyl (C=O) groups is 1. The molecule has 0 radical (unpaired) electrons. The molecule has 2 rings (SSSR count). The number of anilines is 1. The van der Waals surface area contributed by atoms with Gasteiger partial charge in [0.1, 0.15) is 5.82 Å². The van der Waals surface area contributed by atoms with Gasteiger partial charge in [-0.25, -0.2) is 4.39 Å². The van der Waals surface area contributed by atoms with Crippen LogP contribution in [0.5, 0.6) is 0 Å². The Morgan fingerprint density at radius 3 is 2.78 bits per heavy atom. The number of rotatable bonds is 2. The number of halogens is 2. The first-order valence-electron chi connectivity index (χ1n) is 5.01. The van der Waals surface area contributed by atoms with Crippen LogP contribution in [0.4, 0.5) is 10.1 Å². The highest BCUT2D eigenvalue weighted by atomic mass is 35.5. The summed E-state index contributed by atoms with van der Waals surface area (Å²) in [7, 11) is 0. The molecule has 18 heavy (non-hydrogen) atoms. The van der Waals surface area contributed by atoms with Gasteiger partial charge in [0.25, 0.3) is 5.91 Å². The number of hydrogen-bond donors (Lipinski definition) is 2. The van der Waals surface area contributed by atoms with Crippen LogP contribution in [0.15, 0.2) is 41.3 Å². The van der Waals surface area contributed by atoms with Crippen molar-refractivity contribution in [3.8, 4) is 0 Å². The molecule has 0 spiro atoms. The monoisotopic (exact) mass is 266 g/mol. The van der Waals surface area contributed by atoms with Crippen LogP contribution in [0.3, 0.4) is 0 Å². The van der Waals surface area contributed by atoms with Gasteiger partial charge in [-0.05, 0) is 24.3 Å². The third kappa shape index (κ3) is 2.75. The van der Waals surface area contributed by atoms with E-state index in [1.54, 1.807) is 0 Å². The van der Waals surface area contributed by atoms with Crippen molar-refractivity contribution in [2.24, 2.45) is 0 Å². The summed E-state index contributed by atoms with van der Waals surface area (Å²) < 4.78 is 13.4. The lowest BCUT2D eigenvalue weighted by atomic mass is 10.2. The van der Waals surface area contributed by atoms with Gasteiger partial charge < -0.3 is 10.3 Å². The van der Waals surface area contributed by atoms with Crippen LogP contribution in [0.2, 0.25) is 5.02 Å². The molecule has 0 aliphatic rings. The summed E-state index contributed by atoms with van der Waals surface area (Å²) in [5.74, 6) is -1.18. The van der Waals surface area contributed by atoms with Gasteiger partial charge in [-0.2, -0.15) is 0 Å². The fourth-order valence-electron chi connectivity index (χ4n) is 1.37. The van der Waals surface area contributed by atoms with E-state index >= 15 is 0 Å². The van der Waals surface area contributed by atoms with Gasteiger partial charge in [0.2, 0.25) is 5.56 Å². The molecule has 4 nitrogen and oxygen atoms in total. The molecule has 0 bridgehead atoms. The van der Waals surface area contributed by atoms with Crippen molar-refractivity contribution in [2.75, 3.05) is 5.32 Å². The molecule has 92 valence electrons. The summed E-state index contributed by atoms with van der Waals surface area (Å²) in [6, 6.07) is 6.36. The lowest BCUT2D eigenvalue weighted by Crippen LogP contribution is -2.16.